The van der Waals surface area contributed by atoms with E-state index in [-0.39, 0.29) is 11.4 Å². The molecule has 19 heavy (non-hydrogen) atoms. The van der Waals surface area contributed by atoms with Crippen molar-refractivity contribution >= 4 is 5.91 Å². The van der Waals surface area contributed by atoms with Gasteiger partial charge in [0, 0.05) is 25.3 Å². The molecule has 0 bridgehead atoms. The molecule has 0 unspecified atom stereocenters. The number of benzene rings is 1. The number of amides is 1. The Morgan fingerprint density at radius 2 is 2.05 bits per heavy atom. The summed E-state index contributed by atoms with van der Waals surface area (Å²) in [5.74, 6) is -0.0337. The van der Waals surface area contributed by atoms with Crippen LogP contribution in [-0.2, 0) is 4.74 Å². The van der Waals surface area contributed by atoms with Gasteiger partial charge in [-0.1, -0.05) is 12.1 Å². The van der Waals surface area contributed by atoms with Crippen LogP contribution < -0.4 is 11.1 Å². The highest BCUT2D eigenvalue weighted by Crippen LogP contribution is 2.21. The molecule has 1 fully saturated rings. The molecule has 1 aromatic carbocycles. The molecule has 4 heteroatoms. The van der Waals surface area contributed by atoms with Crippen LogP contribution in [0.4, 0.5) is 0 Å². The van der Waals surface area contributed by atoms with Crippen LogP contribution in [0.25, 0.3) is 0 Å². The Balaban J connectivity index is 2.17. The van der Waals surface area contributed by atoms with Gasteiger partial charge in [-0.2, -0.15) is 0 Å². The molecule has 1 heterocycles. The summed E-state index contributed by atoms with van der Waals surface area (Å²) in [5, 5.41) is 3.12. The molecule has 1 saturated heterocycles. The normalized spacial score (nSPS) is 18.1. The molecular weight excluding hydrogens is 240 g/mol. The van der Waals surface area contributed by atoms with Gasteiger partial charge in [0.2, 0.25) is 0 Å². The van der Waals surface area contributed by atoms with Crippen LogP contribution >= 0.6 is 0 Å². The van der Waals surface area contributed by atoms with Crippen LogP contribution in [0, 0.1) is 13.8 Å². The van der Waals surface area contributed by atoms with Crippen molar-refractivity contribution in [3.05, 3.63) is 34.9 Å². The standard InChI is InChI=1S/C15H22N2O2/c1-11-4-3-5-13(12(11)2)14(18)17-15(10-16)6-8-19-9-7-15/h3-5H,6-10,16H2,1-2H3,(H,17,18). The molecule has 0 radical (unpaired) electrons. The fourth-order valence-corrected chi connectivity index (χ4v) is 2.45. The van der Waals surface area contributed by atoms with Crippen molar-refractivity contribution < 1.29 is 9.53 Å². The summed E-state index contributed by atoms with van der Waals surface area (Å²) in [7, 11) is 0. The van der Waals surface area contributed by atoms with Gasteiger partial charge >= 0.3 is 0 Å². The van der Waals surface area contributed by atoms with E-state index >= 15 is 0 Å². The molecule has 1 aliphatic rings. The Bertz CT molecular complexity index is 465. The topological polar surface area (TPSA) is 64.4 Å². The molecule has 1 amide bonds. The van der Waals surface area contributed by atoms with E-state index in [2.05, 4.69) is 5.32 Å². The van der Waals surface area contributed by atoms with Gasteiger partial charge in [0.15, 0.2) is 0 Å². The number of rotatable bonds is 3. The maximum atomic E-state index is 12.4. The van der Waals surface area contributed by atoms with E-state index in [1.807, 2.05) is 32.0 Å². The Morgan fingerprint density at radius 1 is 1.37 bits per heavy atom. The van der Waals surface area contributed by atoms with Crippen molar-refractivity contribution in [3.8, 4) is 0 Å². The van der Waals surface area contributed by atoms with Gasteiger partial charge in [0.05, 0.1) is 5.54 Å². The summed E-state index contributed by atoms with van der Waals surface area (Å²) in [4.78, 5) is 12.4. The highest BCUT2D eigenvalue weighted by Gasteiger charge is 2.33. The second-order valence-corrected chi connectivity index (χ2v) is 5.30. The van der Waals surface area contributed by atoms with Crippen molar-refractivity contribution in [1.82, 2.24) is 5.32 Å². The van der Waals surface area contributed by atoms with E-state index in [1.54, 1.807) is 0 Å². The van der Waals surface area contributed by atoms with Gasteiger partial charge in [-0.05, 0) is 43.9 Å². The number of carbonyl (C=O) groups excluding carboxylic acids is 1. The first-order valence-electron chi connectivity index (χ1n) is 6.74. The van der Waals surface area contributed by atoms with Crippen LogP contribution in [-0.4, -0.2) is 31.2 Å². The number of nitrogens with two attached hydrogens (primary N) is 1. The van der Waals surface area contributed by atoms with Gasteiger partial charge in [-0.3, -0.25) is 4.79 Å². The van der Waals surface area contributed by atoms with Gasteiger partial charge in [-0.15, -0.1) is 0 Å². The van der Waals surface area contributed by atoms with Crippen LogP contribution in [0.5, 0.6) is 0 Å². The summed E-state index contributed by atoms with van der Waals surface area (Å²) in [6.45, 7) is 5.75. The van der Waals surface area contributed by atoms with Crippen LogP contribution in [0.1, 0.15) is 34.3 Å². The smallest absolute Gasteiger partial charge is 0.252 e. The van der Waals surface area contributed by atoms with E-state index in [0.717, 1.165) is 29.5 Å². The average Bonchev–Trinajstić information content (AvgIpc) is 2.42. The Kier molecular flexibility index (Phi) is 4.22. The fraction of sp³-hybridized carbons (Fsp3) is 0.533. The average molecular weight is 262 g/mol. The lowest BCUT2D eigenvalue weighted by atomic mass is 9.89. The zero-order chi connectivity index (χ0) is 13.9. The van der Waals surface area contributed by atoms with E-state index in [4.69, 9.17) is 10.5 Å². The van der Waals surface area contributed by atoms with Gasteiger partial charge < -0.3 is 15.8 Å². The maximum Gasteiger partial charge on any atom is 0.252 e. The zero-order valence-corrected chi connectivity index (χ0v) is 11.7. The number of nitrogens with one attached hydrogen (secondary N) is 1. The predicted molar refractivity (Wildman–Crippen MR) is 75.2 cm³/mol. The number of aryl methyl sites for hydroxylation is 1. The molecule has 0 spiro atoms. The van der Waals surface area contributed by atoms with Crippen molar-refractivity contribution in [2.24, 2.45) is 5.73 Å². The molecule has 0 aliphatic carbocycles. The Hall–Kier alpha value is -1.39. The zero-order valence-electron chi connectivity index (χ0n) is 11.7. The number of carbonyl (C=O) groups is 1. The highest BCUT2D eigenvalue weighted by atomic mass is 16.5. The molecular formula is C15H22N2O2. The maximum absolute atomic E-state index is 12.4. The third-order valence-corrected chi connectivity index (χ3v) is 4.07. The minimum atomic E-state index is -0.314. The minimum absolute atomic E-state index is 0.0337. The Labute approximate surface area is 114 Å². The molecule has 0 saturated carbocycles. The second kappa shape index (κ2) is 5.72. The molecule has 1 aromatic rings. The van der Waals surface area contributed by atoms with Crippen molar-refractivity contribution in [2.45, 2.75) is 32.2 Å². The van der Waals surface area contributed by atoms with Crippen molar-refractivity contribution in [2.75, 3.05) is 19.8 Å². The molecule has 104 valence electrons. The van der Waals surface area contributed by atoms with E-state index in [9.17, 15) is 4.79 Å². The number of hydrogen-bond acceptors (Lipinski definition) is 3. The third-order valence-electron chi connectivity index (χ3n) is 4.07. The van der Waals surface area contributed by atoms with E-state index in [1.165, 1.54) is 0 Å². The summed E-state index contributed by atoms with van der Waals surface area (Å²) < 4.78 is 5.35. The van der Waals surface area contributed by atoms with Crippen LogP contribution in [0.2, 0.25) is 0 Å². The quantitative estimate of drug-likeness (QED) is 0.868. The lowest BCUT2D eigenvalue weighted by molar-refractivity contribution is 0.0388. The van der Waals surface area contributed by atoms with Gasteiger partial charge in [0.25, 0.3) is 5.91 Å². The first-order valence-corrected chi connectivity index (χ1v) is 6.74. The third kappa shape index (κ3) is 2.96. The van der Waals surface area contributed by atoms with Crippen LogP contribution in [0.3, 0.4) is 0 Å². The van der Waals surface area contributed by atoms with E-state index in [0.29, 0.717) is 19.8 Å². The monoisotopic (exact) mass is 262 g/mol. The second-order valence-electron chi connectivity index (χ2n) is 5.30. The van der Waals surface area contributed by atoms with Crippen LogP contribution in [0.15, 0.2) is 18.2 Å². The fourth-order valence-electron chi connectivity index (χ4n) is 2.45. The molecule has 0 aromatic heterocycles. The first-order chi connectivity index (χ1) is 9.08. The first kappa shape index (κ1) is 14.0. The number of hydrogen-bond donors (Lipinski definition) is 2. The molecule has 4 nitrogen and oxygen atoms in total. The van der Waals surface area contributed by atoms with Crippen molar-refractivity contribution in [3.63, 3.8) is 0 Å². The molecule has 3 N–H and O–H groups in total. The van der Waals surface area contributed by atoms with Crippen molar-refractivity contribution in [1.29, 1.82) is 0 Å². The Morgan fingerprint density at radius 3 is 2.68 bits per heavy atom. The van der Waals surface area contributed by atoms with E-state index < -0.39 is 0 Å². The summed E-state index contributed by atoms with van der Waals surface area (Å²) in [6.07, 6.45) is 1.56. The SMILES string of the molecule is Cc1cccc(C(=O)NC2(CN)CCOCC2)c1C. The molecule has 1 aliphatic heterocycles. The minimum Gasteiger partial charge on any atom is -0.381 e. The summed E-state index contributed by atoms with van der Waals surface area (Å²) in [6, 6.07) is 5.79. The largest absolute Gasteiger partial charge is 0.381 e. The predicted octanol–water partition coefficient (Wildman–Crippen LogP) is 1.54. The lowest BCUT2D eigenvalue weighted by Crippen LogP contribution is -2.56. The van der Waals surface area contributed by atoms with Gasteiger partial charge in [0.1, 0.15) is 0 Å². The number of ether oxygens (including phenoxy) is 1. The van der Waals surface area contributed by atoms with Gasteiger partial charge in [-0.25, -0.2) is 0 Å². The lowest BCUT2D eigenvalue weighted by Gasteiger charge is -2.37. The molecule has 2 rings (SSSR count). The summed E-state index contributed by atoms with van der Waals surface area (Å²) in [5.41, 5.74) is 8.44. The molecule has 0 atom stereocenters. The highest BCUT2D eigenvalue weighted by molar-refractivity contribution is 5.96. The summed E-state index contributed by atoms with van der Waals surface area (Å²) >= 11 is 0.